The molecular weight excluding hydrogens is 345 g/mol. The Morgan fingerprint density at radius 3 is 2.60 bits per heavy atom. The van der Waals surface area contributed by atoms with E-state index < -0.39 is 15.8 Å². The van der Waals surface area contributed by atoms with Crippen LogP contribution in [0.2, 0.25) is 0 Å². The second-order valence-electron chi connectivity index (χ2n) is 5.42. The minimum atomic E-state index is -3.73. The van der Waals surface area contributed by atoms with E-state index >= 15 is 0 Å². The van der Waals surface area contributed by atoms with Crippen LogP contribution in [0.4, 0.5) is 4.39 Å². The lowest BCUT2D eigenvalue weighted by molar-refractivity contribution is 0.502. The molecule has 3 rings (SSSR count). The van der Waals surface area contributed by atoms with Gasteiger partial charge in [0.1, 0.15) is 5.82 Å². The highest BCUT2D eigenvalue weighted by molar-refractivity contribution is 7.89. The molecule has 0 saturated carbocycles. The van der Waals surface area contributed by atoms with Crippen LogP contribution in [0.3, 0.4) is 0 Å². The molecular formula is C17H16FN3O3S. The van der Waals surface area contributed by atoms with Crippen LogP contribution in [-0.2, 0) is 16.4 Å². The summed E-state index contributed by atoms with van der Waals surface area (Å²) in [6, 6.07) is 12.8. The van der Waals surface area contributed by atoms with E-state index in [4.69, 9.17) is 4.42 Å². The fourth-order valence-electron chi connectivity index (χ4n) is 2.34. The van der Waals surface area contributed by atoms with E-state index in [1.807, 2.05) is 30.3 Å². The van der Waals surface area contributed by atoms with Crippen molar-refractivity contribution in [3.05, 3.63) is 65.8 Å². The molecule has 0 unspecified atom stereocenters. The Morgan fingerprint density at radius 1 is 1.12 bits per heavy atom. The zero-order valence-corrected chi connectivity index (χ0v) is 14.3. The van der Waals surface area contributed by atoms with Gasteiger partial charge in [0, 0.05) is 18.5 Å². The smallest absolute Gasteiger partial charge is 0.247 e. The standard InChI is InChI=1S/C17H16FN3O3S/c1-12-11-14(18)7-8-15(12)25(22,23)19-10-9-16-20-21-17(24-16)13-5-3-2-4-6-13/h2-8,11,19H,9-10H2,1H3. The number of sulfonamides is 1. The van der Waals surface area contributed by atoms with Gasteiger partial charge in [-0.15, -0.1) is 10.2 Å². The number of benzene rings is 2. The quantitative estimate of drug-likeness (QED) is 0.730. The van der Waals surface area contributed by atoms with Crippen LogP contribution in [0.5, 0.6) is 0 Å². The largest absolute Gasteiger partial charge is 0.421 e. The van der Waals surface area contributed by atoms with Crippen LogP contribution in [0.1, 0.15) is 11.5 Å². The fourth-order valence-corrected chi connectivity index (χ4v) is 3.59. The lowest BCUT2D eigenvalue weighted by atomic mass is 10.2. The molecule has 130 valence electrons. The molecule has 0 aliphatic carbocycles. The number of rotatable bonds is 6. The summed E-state index contributed by atoms with van der Waals surface area (Å²) in [5.41, 5.74) is 1.14. The average Bonchev–Trinajstić information content (AvgIpc) is 3.04. The fraction of sp³-hybridized carbons (Fsp3) is 0.176. The Morgan fingerprint density at radius 2 is 1.88 bits per heavy atom. The van der Waals surface area contributed by atoms with E-state index in [0.717, 1.165) is 11.6 Å². The molecule has 0 aliphatic rings. The molecule has 0 aliphatic heterocycles. The van der Waals surface area contributed by atoms with Crippen molar-refractivity contribution in [2.24, 2.45) is 0 Å². The van der Waals surface area contributed by atoms with Gasteiger partial charge in [-0.25, -0.2) is 17.5 Å². The molecule has 0 bridgehead atoms. The third-order valence-electron chi connectivity index (χ3n) is 3.55. The van der Waals surface area contributed by atoms with E-state index in [1.54, 1.807) is 6.92 Å². The normalized spacial score (nSPS) is 11.6. The molecule has 8 heteroatoms. The molecule has 1 N–H and O–H groups in total. The van der Waals surface area contributed by atoms with E-state index in [9.17, 15) is 12.8 Å². The van der Waals surface area contributed by atoms with Gasteiger partial charge in [-0.1, -0.05) is 18.2 Å². The van der Waals surface area contributed by atoms with Crippen LogP contribution in [0.15, 0.2) is 57.8 Å². The summed E-state index contributed by atoms with van der Waals surface area (Å²) in [6.45, 7) is 1.64. The first kappa shape index (κ1) is 17.2. The van der Waals surface area contributed by atoms with Gasteiger partial charge in [0.2, 0.25) is 21.8 Å². The summed E-state index contributed by atoms with van der Waals surface area (Å²) in [7, 11) is -3.73. The maximum atomic E-state index is 13.1. The van der Waals surface area contributed by atoms with Crippen LogP contribution < -0.4 is 4.72 Å². The maximum Gasteiger partial charge on any atom is 0.247 e. The van der Waals surface area contributed by atoms with Crippen molar-refractivity contribution in [2.75, 3.05) is 6.54 Å². The monoisotopic (exact) mass is 361 g/mol. The molecule has 1 heterocycles. The minimum Gasteiger partial charge on any atom is -0.421 e. The van der Waals surface area contributed by atoms with Crippen LogP contribution in [-0.4, -0.2) is 25.2 Å². The zero-order valence-electron chi connectivity index (χ0n) is 13.4. The van der Waals surface area contributed by atoms with Crippen molar-refractivity contribution in [1.82, 2.24) is 14.9 Å². The minimum absolute atomic E-state index is 0.0457. The molecule has 0 spiro atoms. The van der Waals surface area contributed by atoms with Crippen molar-refractivity contribution in [2.45, 2.75) is 18.2 Å². The highest BCUT2D eigenvalue weighted by Gasteiger charge is 2.17. The number of hydrogen-bond donors (Lipinski definition) is 1. The summed E-state index contributed by atoms with van der Waals surface area (Å²) < 4.78 is 45.6. The first-order chi connectivity index (χ1) is 12.0. The number of halogens is 1. The SMILES string of the molecule is Cc1cc(F)ccc1S(=O)(=O)NCCc1nnc(-c2ccccc2)o1. The summed E-state index contributed by atoms with van der Waals surface area (Å²) in [5, 5.41) is 7.86. The van der Waals surface area contributed by atoms with Crippen molar-refractivity contribution in [1.29, 1.82) is 0 Å². The van der Waals surface area contributed by atoms with Crippen molar-refractivity contribution >= 4 is 10.0 Å². The molecule has 0 radical (unpaired) electrons. The third-order valence-corrected chi connectivity index (χ3v) is 5.17. The Labute approximate surface area is 144 Å². The van der Waals surface area contributed by atoms with E-state index in [-0.39, 0.29) is 17.9 Å². The summed E-state index contributed by atoms with van der Waals surface area (Å²) in [6.07, 6.45) is 0.249. The second kappa shape index (κ2) is 7.12. The van der Waals surface area contributed by atoms with Gasteiger partial charge >= 0.3 is 0 Å². The van der Waals surface area contributed by atoms with E-state index in [1.165, 1.54) is 12.1 Å². The Hall–Kier alpha value is -2.58. The molecule has 25 heavy (non-hydrogen) atoms. The lowest BCUT2D eigenvalue weighted by Crippen LogP contribution is -2.26. The van der Waals surface area contributed by atoms with Crippen LogP contribution >= 0.6 is 0 Å². The Kier molecular flexibility index (Phi) is 4.91. The highest BCUT2D eigenvalue weighted by atomic mass is 32.2. The first-order valence-corrected chi connectivity index (χ1v) is 9.08. The molecule has 3 aromatic rings. The molecule has 0 atom stereocenters. The first-order valence-electron chi connectivity index (χ1n) is 7.59. The molecule has 2 aromatic carbocycles. The summed E-state index contributed by atoms with van der Waals surface area (Å²) >= 11 is 0. The van der Waals surface area contributed by atoms with Crippen molar-refractivity contribution in [3.63, 3.8) is 0 Å². The van der Waals surface area contributed by atoms with Gasteiger partial charge in [-0.2, -0.15) is 0 Å². The average molecular weight is 361 g/mol. The van der Waals surface area contributed by atoms with Gasteiger partial charge in [-0.3, -0.25) is 0 Å². The van der Waals surface area contributed by atoms with Gasteiger partial charge in [-0.05, 0) is 42.8 Å². The van der Waals surface area contributed by atoms with Gasteiger partial charge in [0.25, 0.3) is 0 Å². The van der Waals surface area contributed by atoms with E-state index in [0.29, 0.717) is 17.3 Å². The molecule has 0 amide bonds. The zero-order chi connectivity index (χ0) is 17.9. The molecule has 6 nitrogen and oxygen atoms in total. The third kappa shape index (κ3) is 4.09. The van der Waals surface area contributed by atoms with Gasteiger partial charge in [0.05, 0.1) is 4.90 Å². The predicted molar refractivity (Wildman–Crippen MR) is 89.8 cm³/mol. The number of aryl methyl sites for hydroxylation is 1. The van der Waals surface area contributed by atoms with Crippen LogP contribution in [0.25, 0.3) is 11.5 Å². The van der Waals surface area contributed by atoms with E-state index in [2.05, 4.69) is 14.9 Å². The summed E-state index contributed by atoms with van der Waals surface area (Å²) in [4.78, 5) is 0.0457. The van der Waals surface area contributed by atoms with Crippen molar-refractivity contribution < 1.29 is 17.2 Å². The number of nitrogens with one attached hydrogen (secondary N) is 1. The molecule has 1 aromatic heterocycles. The predicted octanol–water partition coefficient (Wildman–Crippen LogP) is 2.71. The second-order valence-corrected chi connectivity index (χ2v) is 7.16. The van der Waals surface area contributed by atoms with Crippen molar-refractivity contribution in [3.8, 4) is 11.5 Å². The number of hydrogen-bond acceptors (Lipinski definition) is 5. The highest BCUT2D eigenvalue weighted by Crippen LogP contribution is 2.18. The summed E-state index contributed by atoms with van der Waals surface area (Å²) in [5.74, 6) is 0.237. The number of nitrogens with zero attached hydrogens (tertiary/aromatic N) is 2. The molecule has 0 fully saturated rings. The number of aromatic nitrogens is 2. The lowest BCUT2D eigenvalue weighted by Gasteiger charge is -2.08. The van der Waals surface area contributed by atoms with Gasteiger partial charge < -0.3 is 4.42 Å². The molecule has 0 saturated heterocycles. The van der Waals surface area contributed by atoms with Gasteiger partial charge in [0.15, 0.2) is 0 Å². The Balaban J connectivity index is 1.64. The topological polar surface area (TPSA) is 85.1 Å². The van der Waals surface area contributed by atoms with Crippen LogP contribution in [0, 0.1) is 12.7 Å². The maximum absolute atomic E-state index is 13.1. The Bertz CT molecular complexity index is 972.